The molecule has 3 aromatic rings. The van der Waals surface area contributed by atoms with Gasteiger partial charge in [0.25, 0.3) is 5.91 Å². The lowest BCUT2D eigenvalue weighted by Crippen LogP contribution is -2.21. The third-order valence-electron chi connectivity index (χ3n) is 4.02. The van der Waals surface area contributed by atoms with E-state index in [0.29, 0.717) is 23.6 Å². The highest BCUT2D eigenvalue weighted by Crippen LogP contribution is 2.23. The van der Waals surface area contributed by atoms with E-state index in [2.05, 4.69) is 5.32 Å². The molecule has 0 heterocycles. The standard InChI is InChI=1S/C23H21NO4/c1-2-27-21-11-7-6-10-20(21)24-22(25)16-28-23(26)19-14-12-18(13-15-19)17-8-4-3-5-9-17/h3-15H,2,16H2,1H3,(H,24,25). The molecule has 1 amide bonds. The molecule has 1 N–H and O–H groups in total. The zero-order valence-electron chi connectivity index (χ0n) is 15.6. The number of amides is 1. The molecule has 0 aliphatic heterocycles. The highest BCUT2D eigenvalue weighted by atomic mass is 16.5. The largest absolute Gasteiger partial charge is 0.492 e. The molecule has 5 nitrogen and oxygen atoms in total. The van der Waals surface area contributed by atoms with Crippen LogP contribution in [-0.4, -0.2) is 25.1 Å². The van der Waals surface area contributed by atoms with Crippen molar-refractivity contribution in [3.8, 4) is 16.9 Å². The monoisotopic (exact) mass is 375 g/mol. The van der Waals surface area contributed by atoms with Gasteiger partial charge in [-0.15, -0.1) is 0 Å². The average molecular weight is 375 g/mol. The van der Waals surface area contributed by atoms with Crippen molar-refractivity contribution in [2.45, 2.75) is 6.92 Å². The minimum atomic E-state index is -0.548. The van der Waals surface area contributed by atoms with Gasteiger partial charge in [0.05, 0.1) is 17.9 Å². The topological polar surface area (TPSA) is 64.6 Å². The fourth-order valence-electron chi connectivity index (χ4n) is 2.68. The minimum absolute atomic E-state index is 0.375. The maximum atomic E-state index is 12.2. The number of carbonyl (C=O) groups is 2. The third kappa shape index (κ3) is 4.98. The number of anilines is 1. The van der Waals surface area contributed by atoms with Crippen LogP contribution in [0.25, 0.3) is 11.1 Å². The molecule has 0 fully saturated rings. The maximum Gasteiger partial charge on any atom is 0.338 e. The van der Waals surface area contributed by atoms with Gasteiger partial charge in [-0.1, -0.05) is 54.6 Å². The van der Waals surface area contributed by atoms with Crippen molar-refractivity contribution in [3.63, 3.8) is 0 Å². The second-order valence-corrected chi connectivity index (χ2v) is 6.00. The van der Waals surface area contributed by atoms with E-state index in [0.717, 1.165) is 11.1 Å². The van der Waals surface area contributed by atoms with Gasteiger partial charge in [-0.25, -0.2) is 4.79 Å². The van der Waals surface area contributed by atoms with Gasteiger partial charge in [0.2, 0.25) is 0 Å². The van der Waals surface area contributed by atoms with Crippen LogP contribution in [-0.2, 0) is 9.53 Å². The molecular weight excluding hydrogens is 354 g/mol. The van der Waals surface area contributed by atoms with Crippen LogP contribution in [0.1, 0.15) is 17.3 Å². The first kappa shape index (κ1) is 19.2. The molecule has 0 radical (unpaired) electrons. The lowest BCUT2D eigenvalue weighted by atomic mass is 10.0. The predicted molar refractivity (Wildman–Crippen MR) is 108 cm³/mol. The summed E-state index contributed by atoms with van der Waals surface area (Å²) in [5.74, 6) is -0.407. The number of rotatable bonds is 7. The number of benzene rings is 3. The second kappa shape index (κ2) is 9.37. The molecule has 0 saturated heterocycles. The summed E-state index contributed by atoms with van der Waals surface area (Å²) >= 11 is 0. The van der Waals surface area contributed by atoms with Crippen LogP contribution >= 0.6 is 0 Å². The van der Waals surface area contributed by atoms with E-state index >= 15 is 0 Å². The zero-order chi connectivity index (χ0) is 19.8. The molecule has 5 heteroatoms. The number of carbonyl (C=O) groups excluding carboxylic acids is 2. The van der Waals surface area contributed by atoms with Crippen LogP contribution in [0.4, 0.5) is 5.69 Å². The van der Waals surface area contributed by atoms with Crippen LogP contribution in [0.15, 0.2) is 78.9 Å². The first-order valence-electron chi connectivity index (χ1n) is 9.01. The van der Waals surface area contributed by atoms with Gasteiger partial charge in [-0.05, 0) is 42.3 Å². The SMILES string of the molecule is CCOc1ccccc1NC(=O)COC(=O)c1ccc(-c2ccccc2)cc1. The van der Waals surface area contributed by atoms with E-state index in [4.69, 9.17) is 9.47 Å². The summed E-state index contributed by atoms with van der Waals surface area (Å²) in [6.07, 6.45) is 0. The smallest absolute Gasteiger partial charge is 0.338 e. The first-order valence-corrected chi connectivity index (χ1v) is 9.01. The van der Waals surface area contributed by atoms with Crippen molar-refractivity contribution in [2.24, 2.45) is 0 Å². The Hall–Kier alpha value is -3.60. The zero-order valence-corrected chi connectivity index (χ0v) is 15.6. The van der Waals surface area contributed by atoms with Gasteiger partial charge < -0.3 is 14.8 Å². The number of hydrogen-bond acceptors (Lipinski definition) is 4. The van der Waals surface area contributed by atoms with Crippen molar-refractivity contribution in [1.29, 1.82) is 0 Å². The van der Waals surface area contributed by atoms with Gasteiger partial charge in [0.15, 0.2) is 6.61 Å². The van der Waals surface area contributed by atoms with Gasteiger partial charge in [-0.3, -0.25) is 4.79 Å². The highest BCUT2D eigenvalue weighted by molar-refractivity contribution is 5.96. The Bertz CT molecular complexity index is 936. The van der Waals surface area contributed by atoms with Crippen molar-refractivity contribution in [1.82, 2.24) is 0 Å². The van der Waals surface area contributed by atoms with Crippen molar-refractivity contribution >= 4 is 17.6 Å². The molecule has 28 heavy (non-hydrogen) atoms. The van der Waals surface area contributed by atoms with Gasteiger partial charge >= 0.3 is 5.97 Å². The Kier molecular flexibility index (Phi) is 6.41. The van der Waals surface area contributed by atoms with Crippen LogP contribution in [0, 0.1) is 0 Å². The Morgan fingerprint density at radius 1 is 0.821 bits per heavy atom. The molecule has 0 bridgehead atoms. The molecule has 142 valence electrons. The normalized spacial score (nSPS) is 10.2. The molecule has 0 spiro atoms. The Labute approximate surface area is 163 Å². The molecule has 0 atom stereocenters. The first-order chi connectivity index (χ1) is 13.7. The lowest BCUT2D eigenvalue weighted by molar-refractivity contribution is -0.119. The number of esters is 1. The van der Waals surface area contributed by atoms with Gasteiger partial charge in [0, 0.05) is 0 Å². The summed E-state index contributed by atoms with van der Waals surface area (Å²) < 4.78 is 10.6. The minimum Gasteiger partial charge on any atom is -0.492 e. The van der Waals surface area contributed by atoms with Crippen molar-refractivity contribution in [3.05, 3.63) is 84.4 Å². The Morgan fingerprint density at radius 2 is 1.46 bits per heavy atom. The molecule has 0 unspecified atom stereocenters. The summed E-state index contributed by atoms with van der Waals surface area (Å²) in [5, 5.41) is 2.69. The summed E-state index contributed by atoms with van der Waals surface area (Å²) in [4.78, 5) is 24.3. The summed E-state index contributed by atoms with van der Waals surface area (Å²) in [7, 11) is 0. The van der Waals surface area contributed by atoms with E-state index in [1.165, 1.54) is 0 Å². The fourth-order valence-corrected chi connectivity index (χ4v) is 2.68. The number of nitrogens with one attached hydrogen (secondary N) is 1. The maximum absolute atomic E-state index is 12.2. The quantitative estimate of drug-likeness (QED) is 0.616. The highest BCUT2D eigenvalue weighted by Gasteiger charge is 2.12. The molecule has 0 aliphatic rings. The van der Waals surface area contributed by atoms with Crippen LogP contribution in [0.3, 0.4) is 0 Å². The van der Waals surface area contributed by atoms with Crippen LogP contribution < -0.4 is 10.1 Å². The second-order valence-electron chi connectivity index (χ2n) is 6.00. The Balaban J connectivity index is 1.56. The Morgan fingerprint density at radius 3 is 2.18 bits per heavy atom. The number of ether oxygens (including phenoxy) is 2. The average Bonchev–Trinajstić information content (AvgIpc) is 2.74. The van der Waals surface area contributed by atoms with Gasteiger partial charge in [0.1, 0.15) is 5.75 Å². The number of para-hydroxylation sites is 2. The summed E-state index contributed by atoms with van der Waals surface area (Å²) in [5.41, 5.74) is 3.00. The van der Waals surface area contributed by atoms with E-state index in [1.807, 2.05) is 55.5 Å². The molecule has 3 aromatic carbocycles. The van der Waals surface area contributed by atoms with Gasteiger partial charge in [-0.2, -0.15) is 0 Å². The summed E-state index contributed by atoms with van der Waals surface area (Å²) in [6.45, 7) is 1.98. The molecule has 3 rings (SSSR count). The molecule has 0 saturated carbocycles. The van der Waals surface area contributed by atoms with Crippen molar-refractivity contribution < 1.29 is 19.1 Å². The molecule has 0 aromatic heterocycles. The number of hydrogen-bond donors (Lipinski definition) is 1. The van der Waals surface area contributed by atoms with E-state index in [9.17, 15) is 9.59 Å². The fraction of sp³-hybridized carbons (Fsp3) is 0.130. The van der Waals surface area contributed by atoms with E-state index in [1.54, 1.807) is 30.3 Å². The summed E-state index contributed by atoms with van der Waals surface area (Å²) in [6, 6.07) is 24.0. The van der Waals surface area contributed by atoms with Crippen LogP contribution in [0.2, 0.25) is 0 Å². The molecular formula is C23H21NO4. The van der Waals surface area contributed by atoms with Crippen molar-refractivity contribution in [2.75, 3.05) is 18.5 Å². The van der Waals surface area contributed by atoms with Crippen LogP contribution in [0.5, 0.6) is 5.75 Å². The van der Waals surface area contributed by atoms with E-state index < -0.39 is 11.9 Å². The predicted octanol–water partition coefficient (Wildman–Crippen LogP) is 4.55. The lowest BCUT2D eigenvalue weighted by Gasteiger charge is -2.11. The molecule has 0 aliphatic carbocycles. The van der Waals surface area contributed by atoms with E-state index in [-0.39, 0.29) is 6.61 Å². The third-order valence-corrected chi connectivity index (χ3v) is 4.02.